The number of morpholine rings is 1. The first kappa shape index (κ1) is 13.3. The summed E-state index contributed by atoms with van der Waals surface area (Å²) in [5.41, 5.74) is 0. The number of nitrogens with one attached hydrogen (secondary N) is 1. The Labute approximate surface area is 106 Å². The zero-order valence-corrected chi connectivity index (χ0v) is 11.3. The molecule has 1 saturated heterocycles. The van der Waals surface area contributed by atoms with Gasteiger partial charge in [0, 0.05) is 19.1 Å². The van der Waals surface area contributed by atoms with Crippen molar-refractivity contribution in [1.82, 2.24) is 10.2 Å². The summed E-state index contributed by atoms with van der Waals surface area (Å²) in [5.74, 6) is 1.02. The molecule has 100 valence electrons. The minimum atomic E-state index is 0.713. The number of hydrogen-bond donors (Lipinski definition) is 1. The second kappa shape index (κ2) is 7.34. The van der Waals surface area contributed by atoms with Crippen molar-refractivity contribution >= 4 is 0 Å². The van der Waals surface area contributed by atoms with Crippen molar-refractivity contribution in [2.45, 2.75) is 45.1 Å². The quantitative estimate of drug-likeness (QED) is 0.688. The van der Waals surface area contributed by atoms with Gasteiger partial charge in [-0.15, -0.1) is 0 Å². The van der Waals surface area contributed by atoms with Crippen molar-refractivity contribution in [3.63, 3.8) is 0 Å². The predicted octanol–water partition coefficient (Wildman–Crippen LogP) is 1.88. The van der Waals surface area contributed by atoms with Crippen LogP contribution in [0.2, 0.25) is 0 Å². The molecule has 17 heavy (non-hydrogen) atoms. The first-order chi connectivity index (χ1) is 8.34. The van der Waals surface area contributed by atoms with Gasteiger partial charge in [0.25, 0.3) is 0 Å². The van der Waals surface area contributed by atoms with Crippen LogP contribution in [-0.2, 0) is 4.74 Å². The average Bonchev–Trinajstić information content (AvgIpc) is 2.31. The molecule has 1 heterocycles. The highest BCUT2D eigenvalue weighted by Crippen LogP contribution is 2.30. The fourth-order valence-electron chi connectivity index (χ4n) is 2.79. The first-order valence-corrected chi connectivity index (χ1v) is 7.38. The Morgan fingerprint density at radius 2 is 2.06 bits per heavy atom. The van der Waals surface area contributed by atoms with Crippen LogP contribution < -0.4 is 5.32 Å². The van der Waals surface area contributed by atoms with Crippen molar-refractivity contribution < 1.29 is 4.74 Å². The summed E-state index contributed by atoms with van der Waals surface area (Å²) in [4.78, 5) is 2.52. The van der Waals surface area contributed by atoms with Crippen molar-refractivity contribution in [1.29, 1.82) is 0 Å². The van der Waals surface area contributed by atoms with Crippen molar-refractivity contribution in [3.8, 4) is 0 Å². The van der Waals surface area contributed by atoms with Crippen LogP contribution in [0.25, 0.3) is 0 Å². The standard InChI is InChI=1S/C14H28N2O/c1-13(12-14-4-2-5-14)15-6-3-7-16-8-10-17-11-9-16/h13-15H,2-12H2,1H3. The Bertz CT molecular complexity index is 200. The lowest BCUT2D eigenvalue weighted by atomic mass is 9.81. The third kappa shape index (κ3) is 4.94. The molecule has 2 rings (SSSR count). The van der Waals surface area contributed by atoms with E-state index in [4.69, 9.17) is 4.74 Å². The van der Waals surface area contributed by atoms with E-state index >= 15 is 0 Å². The highest BCUT2D eigenvalue weighted by atomic mass is 16.5. The Morgan fingerprint density at radius 1 is 1.29 bits per heavy atom. The molecule has 0 bridgehead atoms. The van der Waals surface area contributed by atoms with Gasteiger partial charge in [-0.1, -0.05) is 19.3 Å². The molecule has 1 aliphatic heterocycles. The summed E-state index contributed by atoms with van der Waals surface area (Å²) in [6.07, 6.45) is 7.07. The zero-order valence-electron chi connectivity index (χ0n) is 11.3. The lowest BCUT2D eigenvalue weighted by Gasteiger charge is -2.29. The monoisotopic (exact) mass is 240 g/mol. The number of hydrogen-bond acceptors (Lipinski definition) is 3. The van der Waals surface area contributed by atoms with E-state index in [-0.39, 0.29) is 0 Å². The van der Waals surface area contributed by atoms with Crippen molar-refractivity contribution in [3.05, 3.63) is 0 Å². The third-order valence-corrected chi connectivity index (χ3v) is 4.16. The number of ether oxygens (including phenoxy) is 1. The molecule has 0 amide bonds. The summed E-state index contributed by atoms with van der Waals surface area (Å²) in [7, 11) is 0. The maximum Gasteiger partial charge on any atom is 0.0594 e. The van der Waals surface area contributed by atoms with Crippen LogP contribution in [-0.4, -0.2) is 50.3 Å². The Balaban J connectivity index is 1.44. The molecule has 0 spiro atoms. The van der Waals surface area contributed by atoms with Gasteiger partial charge in [0.05, 0.1) is 13.2 Å². The van der Waals surface area contributed by atoms with E-state index in [1.54, 1.807) is 0 Å². The minimum absolute atomic E-state index is 0.713. The normalized spacial score (nSPS) is 24.5. The van der Waals surface area contributed by atoms with Gasteiger partial charge in [0.1, 0.15) is 0 Å². The SMILES string of the molecule is CC(CC1CCC1)NCCCN1CCOCC1. The van der Waals surface area contributed by atoms with E-state index in [2.05, 4.69) is 17.1 Å². The summed E-state index contributed by atoms with van der Waals surface area (Å²) < 4.78 is 5.35. The van der Waals surface area contributed by atoms with Crippen LogP contribution in [0.5, 0.6) is 0 Å². The second-order valence-corrected chi connectivity index (χ2v) is 5.70. The van der Waals surface area contributed by atoms with E-state index in [9.17, 15) is 0 Å². The molecule has 0 aromatic rings. The van der Waals surface area contributed by atoms with Gasteiger partial charge in [-0.2, -0.15) is 0 Å². The molecule has 1 atom stereocenters. The molecular weight excluding hydrogens is 212 g/mol. The Morgan fingerprint density at radius 3 is 2.71 bits per heavy atom. The molecule has 0 radical (unpaired) electrons. The summed E-state index contributed by atoms with van der Waals surface area (Å²) in [6, 6.07) is 0.713. The second-order valence-electron chi connectivity index (χ2n) is 5.70. The van der Waals surface area contributed by atoms with Crippen LogP contribution in [0, 0.1) is 5.92 Å². The van der Waals surface area contributed by atoms with Crippen LogP contribution in [0.15, 0.2) is 0 Å². The van der Waals surface area contributed by atoms with E-state index in [1.165, 1.54) is 45.2 Å². The van der Waals surface area contributed by atoms with Gasteiger partial charge >= 0.3 is 0 Å². The lowest BCUT2D eigenvalue weighted by Crippen LogP contribution is -2.38. The van der Waals surface area contributed by atoms with Gasteiger partial charge in [-0.25, -0.2) is 0 Å². The van der Waals surface area contributed by atoms with E-state index < -0.39 is 0 Å². The smallest absolute Gasteiger partial charge is 0.0594 e. The number of nitrogens with zero attached hydrogens (tertiary/aromatic N) is 1. The van der Waals surface area contributed by atoms with Gasteiger partial charge in [0.15, 0.2) is 0 Å². The zero-order chi connectivity index (χ0) is 11.9. The summed E-state index contributed by atoms with van der Waals surface area (Å²) in [5, 5.41) is 3.66. The highest BCUT2D eigenvalue weighted by Gasteiger charge is 2.19. The maximum absolute atomic E-state index is 5.35. The molecule has 0 aromatic heterocycles. The van der Waals surface area contributed by atoms with E-state index in [0.717, 1.165) is 32.2 Å². The molecule has 2 fully saturated rings. The Hall–Kier alpha value is -0.120. The molecule has 0 aromatic carbocycles. The predicted molar refractivity (Wildman–Crippen MR) is 71.3 cm³/mol. The van der Waals surface area contributed by atoms with Crippen molar-refractivity contribution in [2.24, 2.45) is 5.92 Å². The van der Waals surface area contributed by atoms with Crippen LogP contribution >= 0.6 is 0 Å². The highest BCUT2D eigenvalue weighted by molar-refractivity contribution is 4.75. The average molecular weight is 240 g/mol. The minimum Gasteiger partial charge on any atom is -0.379 e. The molecule has 1 N–H and O–H groups in total. The summed E-state index contributed by atoms with van der Waals surface area (Å²) >= 11 is 0. The van der Waals surface area contributed by atoms with E-state index in [1.807, 2.05) is 0 Å². The van der Waals surface area contributed by atoms with Gasteiger partial charge in [-0.3, -0.25) is 4.90 Å². The van der Waals surface area contributed by atoms with Gasteiger partial charge in [-0.05, 0) is 38.8 Å². The molecule has 1 saturated carbocycles. The lowest BCUT2D eigenvalue weighted by molar-refractivity contribution is 0.0373. The molecule has 1 unspecified atom stereocenters. The third-order valence-electron chi connectivity index (χ3n) is 4.16. The Kier molecular flexibility index (Phi) is 5.75. The van der Waals surface area contributed by atoms with Gasteiger partial charge < -0.3 is 10.1 Å². The molecular formula is C14H28N2O. The molecule has 3 heteroatoms. The topological polar surface area (TPSA) is 24.5 Å². The molecule has 1 aliphatic carbocycles. The molecule has 2 aliphatic rings. The fourth-order valence-corrected chi connectivity index (χ4v) is 2.79. The first-order valence-electron chi connectivity index (χ1n) is 7.38. The van der Waals surface area contributed by atoms with Crippen LogP contribution in [0.4, 0.5) is 0 Å². The fraction of sp³-hybridized carbons (Fsp3) is 1.00. The van der Waals surface area contributed by atoms with Crippen LogP contribution in [0.1, 0.15) is 39.0 Å². The summed E-state index contributed by atoms with van der Waals surface area (Å²) in [6.45, 7) is 8.83. The van der Waals surface area contributed by atoms with E-state index in [0.29, 0.717) is 6.04 Å². The molecule has 3 nitrogen and oxygen atoms in total. The number of rotatable bonds is 7. The van der Waals surface area contributed by atoms with Crippen LogP contribution in [0.3, 0.4) is 0 Å². The van der Waals surface area contributed by atoms with Gasteiger partial charge in [0.2, 0.25) is 0 Å². The largest absolute Gasteiger partial charge is 0.379 e. The van der Waals surface area contributed by atoms with Crippen molar-refractivity contribution in [2.75, 3.05) is 39.4 Å². The maximum atomic E-state index is 5.35.